The fraction of sp³-hybridized carbons (Fsp3) is 0.647. The second kappa shape index (κ2) is 6.40. The molecule has 20 heavy (non-hydrogen) atoms. The lowest BCUT2D eigenvalue weighted by atomic mass is 10.1. The summed E-state index contributed by atoms with van der Waals surface area (Å²) in [5.41, 5.74) is 2.91. The quantitative estimate of drug-likeness (QED) is 0.836. The molecule has 0 saturated carbocycles. The highest BCUT2D eigenvalue weighted by molar-refractivity contribution is 7.99. The monoisotopic (exact) mass is 290 g/mol. The summed E-state index contributed by atoms with van der Waals surface area (Å²) in [6, 6.07) is 10.0. The van der Waals surface area contributed by atoms with Gasteiger partial charge in [-0.25, -0.2) is 0 Å². The maximum atomic E-state index is 2.61. The van der Waals surface area contributed by atoms with Gasteiger partial charge in [-0.05, 0) is 44.4 Å². The second-order valence-corrected chi connectivity index (χ2v) is 7.54. The average molecular weight is 290 g/mol. The van der Waals surface area contributed by atoms with Crippen LogP contribution in [0.4, 0.5) is 5.69 Å². The zero-order valence-corrected chi connectivity index (χ0v) is 13.5. The number of hydrogen-bond acceptors (Lipinski definition) is 3. The fourth-order valence-electron chi connectivity index (χ4n) is 3.21. The van der Waals surface area contributed by atoms with Crippen molar-refractivity contribution in [2.75, 3.05) is 36.8 Å². The van der Waals surface area contributed by atoms with Crippen molar-refractivity contribution in [3.05, 3.63) is 29.8 Å². The van der Waals surface area contributed by atoms with Crippen LogP contribution in [0.1, 0.15) is 37.5 Å². The van der Waals surface area contributed by atoms with Gasteiger partial charge in [0.1, 0.15) is 0 Å². The van der Waals surface area contributed by atoms with Crippen LogP contribution in [0, 0.1) is 0 Å². The molecule has 0 radical (unpaired) electrons. The second-order valence-electron chi connectivity index (χ2n) is 6.23. The molecule has 2 fully saturated rings. The van der Waals surface area contributed by atoms with Crippen molar-refractivity contribution >= 4 is 17.4 Å². The van der Waals surface area contributed by atoms with E-state index in [9.17, 15) is 0 Å². The topological polar surface area (TPSA) is 6.48 Å². The molecule has 0 amide bonds. The maximum absolute atomic E-state index is 2.61. The van der Waals surface area contributed by atoms with Crippen LogP contribution in [-0.4, -0.2) is 42.9 Å². The summed E-state index contributed by atoms with van der Waals surface area (Å²) in [6.07, 6.45) is 2.70. The lowest BCUT2D eigenvalue weighted by Crippen LogP contribution is -2.39. The zero-order valence-electron chi connectivity index (χ0n) is 12.7. The van der Waals surface area contributed by atoms with Gasteiger partial charge in [0, 0.05) is 48.9 Å². The largest absolute Gasteiger partial charge is 0.372 e. The molecule has 0 spiro atoms. The minimum atomic E-state index is 0.652. The first kappa shape index (κ1) is 14.3. The summed E-state index contributed by atoms with van der Waals surface area (Å²) in [6.45, 7) is 9.53. The Morgan fingerprint density at radius 1 is 1.05 bits per heavy atom. The van der Waals surface area contributed by atoms with Crippen molar-refractivity contribution in [2.24, 2.45) is 0 Å². The first-order valence-electron chi connectivity index (χ1n) is 7.94. The minimum absolute atomic E-state index is 0.652. The SMILES string of the molecule is CC(C)N1CCS[C@@H](c2ccc(N3CCCC3)cc2)C1. The molecule has 3 heteroatoms. The van der Waals surface area contributed by atoms with E-state index in [1.54, 1.807) is 0 Å². The molecule has 1 atom stereocenters. The zero-order chi connectivity index (χ0) is 13.9. The van der Waals surface area contributed by atoms with E-state index in [2.05, 4.69) is 59.7 Å². The van der Waals surface area contributed by atoms with E-state index < -0.39 is 0 Å². The van der Waals surface area contributed by atoms with Gasteiger partial charge in [0.15, 0.2) is 0 Å². The van der Waals surface area contributed by atoms with E-state index in [1.807, 2.05) is 0 Å². The molecule has 2 saturated heterocycles. The van der Waals surface area contributed by atoms with Crippen LogP contribution in [0.5, 0.6) is 0 Å². The van der Waals surface area contributed by atoms with Crippen molar-refractivity contribution in [3.63, 3.8) is 0 Å². The average Bonchev–Trinajstić information content (AvgIpc) is 3.02. The molecule has 1 aromatic rings. The summed E-state index contributed by atoms with van der Waals surface area (Å²) in [5.74, 6) is 1.26. The Kier molecular flexibility index (Phi) is 4.57. The number of hydrogen-bond donors (Lipinski definition) is 0. The maximum Gasteiger partial charge on any atom is 0.0425 e. The fourth-order valence-corrected chi connectivity index (χ4v) is 4.49. The Labute approximate surface area is 127 Å². The van der Waals surface area contributed by atoms with Gasteiger partial charge in [0.25, 0.3) is 0 Å². The van der Waals surface area contributed by atoms with E-state index in [4.69, 9.17) is 0 Å². The summed E-state index contributed by atoms with van der Waals surface area (Å²) >= 11 is 2.12. The smallest absolute Gasteiger partial charge is 0.0425 e. The molecular weight excluding hydrogens is 264 g/mol. The first-order chi connectivity index (χ1) is 9.74. The van der Waals surface area contributed by atoms with Gasteiger partial charge in [-0.3, -0.25) is 4.90 Å². The molecule has 2 nitrogen and oxygen atoms in total. The highest BCUT2D eigenvalue weighted by Gasteiger charge is 2.23. The molecule has 2 heterocycles. The lowest BCUT2D eigenvalue weighted by molar-refractivity contribution is 0.230. The van der Waals surface area contributed by atoms with Gasteiger partial charge in [0.05, 0.1) is 0 Å². The van der Waals surface area contributed by atoms with E-state index in [-0.39, 0.29) is 0 Å². The van der Waals surface area contributed by atoms with E-state index in [0.717, 1.165) is 0 Å². The molecule has 0 N–H and O–H groups in total. The molecular formula is C17H26N2S. The van der Waals surface area contributed by atoms with Crippen molar-refractivity contribution in [2.45, 2.75) is 38.0 Å². The third kappa shape index (κ3) is 3.15. The van der Waals surface area contributed by atoms with Gasteiger partial charge in [-0.2, -0.15) is 11.8 Å². The summed E-state index contributed by atoms with van der Waals surface area (Å²) < 4.78 is 0. The lowest BCUT2D eigenvalue weighted by Gasteiger charge is -2.35. The van der Waals surface area contributed by atoms with E-state index in [1.165, 1.54) is 56.0 Å². The Balaban J connectivity index is 1.67. The predicted octanol–water partition coefficient (Wildman–Crippen LogP) is 3.79. The standard InChI is InChI=1S/C17H26N2S/c1-14(2)19-11-12-20-17(13-19)15-5-7-16(8-6-15)18-9-3-4-10-18/h5-8,14,17H,3-4,9-13H2,1-2H3/t17-/m1/s1. The first-order valence-corrected chi connectivity index (χ1v) is 8.99. The highest BCUT2D eigenvalue weighted by Crippen LogP contribution is 2.34. The molecule has 0 aromatic heterocycles. The van der Waals surface area contributed by atoms with Gasteiger partial charge in [0.2, 0.25) is 0 Å². The molecule has 0 bridgehead atoms. The molecule has 2 aliphatic rings. The summed E-state index contributed by atoms with van der Waals surface area (Å²) in [4.78, 5) is 5.12. The van der Waals surface area contributed by atoms with Gasteiger partial charge in [-0.1, -0.05) is 12.1 Å². The van der Waals surface area contributed by atoms with Crippen molar-refractivity contribution in [1.82, 2.24) is 4.90 Å². The van der Waals surface area contributed by atoms with Crippen LogP contribution in [-0.2, 0) is 0 Å². The molecule has 110 valence electrons. The van der Waals surface area contributed by atoms with E-state index >= 15 is 0 Å². The van der Waals surface area contributed by atoms with Gasteiger partial charge >= 0.3 is 0 Å². The molecule has 2 aliphatic heterocycles. The van der Waals surface area contributed by atoms with Crippen LogP contribution in [0.15, 0.2) is 24.3 Å². The highest BCUT2D eigenvalue weighted by atomic mass is 32.2. The molecule has 1 aromatic carbocycles. The Morgan fingerprint density at radius 2 is 1.75 bits per heavy atom. The summed E-state index contributed by atoms with van der Waals surface area (Å²) in [7, 11) is 0. The molecule has 0 aliphatic carbocycles. The van der Waals surface area contributed by atoms with Crippen molar-refractivity contribution in [1.29, 1.82) is 0 Å². The Hall–Kier alpha value is -0.670. The van der Waals surface area contributed by atoms with Crippen LogP contribution in [0.3, 0.4) is 0 Å². The minimum Gasteiger partial charge on any atom is -0.372 e. The van der Waals surface area contributed by atoms with E-state index in [0.29, 0.717) is 11.3 Å². The third-order valence-corrected chi connectivity index (χ3v) is 5.81. The molecule has 3 rings (SSSR count). The third-order valence-electron chi connectivity index (χ3n) is 4.56. The number of anilines is 1. The van der Waals surface area contributed by atoms with Crippen LogP contribution in [0.25, 0.3) is 0 Å². The number of benzene rings is 1. The number of rotatable bonds is 3. The van der Waals surface area contributed by atoms with Crippen LogP contribution in [0.2, 0.25) is 0 Å². The van der Waals surface area contributed by atoms with Crippen molar-refractivity contribution in [3.8, 4) is 0 Å². The van der Waals surface area contributed by atoms with Gasteiger partial charge in [-0.15, -0.1) is 0 Å². The van der Waals surface area contributed by atoms with Crippen LogP contribution < -0.4 is 4.90 Å². The van der Waals surface area contributed by atoms with Gasteiger partial charge < -0.3 is 4.90 Å². The Morgan fingerprint density at radius 3 is 2.40 bits per heavy atom. The Bertz CT molecular complexity index is 423. The van der Waals surface area contributed by atoms with Crippen molar-refractivity contribution < 1.29 is 0 Å². The normalized spacial score (nSPS) is 24.6. The predicted molar refractivity (Wildman–Crippen MR) is 89.8 cm³/mol. The number of nitrogens with zero attached hydrogens (tertiary/aromatic N) is 2. The summed E-state index contributed by atoms with van der Waals surface area (Å²) in [5, 5.41) is 0.652. The number of thioether (sulfide) groups is 1. The molecule has 0 unspecified atom stereocenters. The van der Waals surface area contributed by atoms with Crippen LogP contribution >= 0.6 is 11.8 Å².